The molecule has 0 saturated carbocycles. The van der Waals surface area contributed by atoms with Crippen LogP contribution in [0.5, 0.6) is 0 Å². The van der Waals surface area contributed by atoms with Crippen molar-refractivity contribution in [2.24, 2.45) is 0 Å². The third-order valence-corrected chi connectivity index (χ3v) is 16.9. The molecule has 0 aromatic heterocycles. The van der Waals surface area contributed by atoms with Crippen LogP contribution < -0.4 is 0 Å². The summed E-state index contributed by atoms with van der Waals surface area (Å²) in [6.45, 7) is 6.71. The van der Waals surface area contributed by atoms with E-state index in [1.165, 1.54) is 315 Å². The molecular formula is C75H142O6. The van der Waals surface area contributed by atoms with Crippen LogP contribution in [-0.4, -0.2) is 37.2 Å². The second-order valence-electron chi connectivity index (χ2n) is 25.2. The number of rotatable bonds is 69. The monoisotopic (exact) mass is 1140 g/mol. The molecule has 0 radical (unpaired) electrons. The zero-order valence-corrected chi connectivity index (χ0v) is 55.1. The highest BCUT2D eigenvalue weighted by atomic mass is 16.6. The van der Waals surface area contributed by atoms with Crippen molar-refractivity contribution in [3.05, 3.63) is 24.3 Å². The highest BCUT2D eigenvalue weighted by Gasteiger charge is 2.19. The lowest BCUT2D eigenvalue weighted by Crippen LogP contribution is -2.30. The molecule has 1 unspecified atom stereocenters. The first-order valence-corrected chi connectivity index (χ1v) is 36.8. The summed E-state index contributed by atoms with van der Waals surface area (Å²) in [5, 5.41) is 0. The summed E-state index contributed by atoms with van der Waals surface area (Å²) < 4.78 is 17.0. The van der Waals surface area contributed by atoms with Crippen molar-refractivity contribution >= 4 is 17.9 Å². The molecule has 6 nitrogen and oxygen atoms in total. The molecule has 0 amide bonds. The van der Waals surface area contributed by atoms with Gasteiger partial charge < -0.3 is 14.2 Å². The van der Waals surface area contributed by atoms with E-state index in [1.54, 1.807) is 0 Å². The summed E-state index contributed by atoms with van der Waals surface area (Å²) in [7, 11) is 0. The summed E-state index contributed by atoms with van der Waals surface area (Å²) in [5.74, 6) is -0.844. The number of carbonyl (C=O) groups is 3. The fourth-order valence-electron chi connectivity index (χ4n) is 11.4. The molecule has 0 spiro atoms. The van der Waals surface area contributed by atoms with Gasteiger partial charge in [-0.25, -0.2) is 0 Å². The van der Waals surface area contributed by atoms with Crippen LogP contribution in [0.1, 0.15) is 419 Å². The van der Waals surface area contributed by atoms with E-state index < -0.39 is 6.10 Å². The van der Waals surface area contributed by atoms with Gasteiger partial charge in [0.05, 0.1) is 0 Å². The molecule has 0 aromatic carbocycles. The van der Waals surface area contributed by atoms with E-state index in [0.29, 0.717) is 19.3 Å². The SMILES string of the molecule is CCCCCCCC/C=C\CCCCCCCC(=O)OC(COC(=O)CCCCCCCCCCCCCCCCC)COC(=O)CCCCCCCCCCCCCCCCCCCCCCC/C=C\CCCCCCCCCC. The Labute approximate surface area is 506 Å². The number of allylic oxidation sites excluding steroid dienone is 4. The van der Waals surface area contributed by atoms with Crippen LogP contribution in [0.3, 0.4) is 0 Å². The molecule has 0 fully saturated rings. The Balaban J connectivity index is 4.10. The fraction of sp³-hybridized carbons (Fsp3) is 0.907. The fourth-order valence-corrected chi connectivity index (χ4v) is 11.4. The normalized spacial score (nSPS) is 12.1. The Morgan fingerprint density at radius 3 is 0.617 bits per heavy atom. The third kappa shape index (κ3) is 68.6. The van der Waals surface area contributed by atoms with Gasteiger partial charge in [0, 0.05) is 19.3 Å². The molecule has 0 rings (SSSR count). The highest BCUT2D eigenvalue weighted by molar-refractivity contribution is 5.71. The van der Waals surface area contributed by atoms with E-state index in [9.17, 15) is 14.4 Å². The zero-order valence-electron chi connectivity index (χ0n) is 55.1. The van der Waals surface area contributed by atoms with Gasteiger partial charge in [0.2, 0.25) is 0 Å². The predicted octanol–water partition coefficient (Wildman–Crippen LogP) is 25.3. The maximum absolute atomic E-state index is 12.9. The summed E-state index contributed by atoms with van der Waals surface area (Å²) in [5.41, 5.74) is 0. The number of esters is 3. The minimum absolute atomic E-state index is 0.0680. The molecule has 0 bridgehead atoms. The Morgan fingerprint density at radius 2 is 0.407 bits per heavy atom. The number of carbonyl (C=O) groups excluding carboxylic acids is 3. The molecule has 6 heteroatoms. The lowest BCUT2D eigenvalue weighted by Gasteiger charge is -2.18. The van der Waals surface area contributed by atoms with Crippen LogP contribution >= 0.6 is 0 Å². The summed E-state index contributed by atoms with van der Waals surface area (Å²) in [6, 6.07) is 0. The molecule has 1 atom stereocenters. The second-order valence-corrected chi connectivity index (χ2v) is 25.2. The first kappa shape index (κ1) is 78.9. The van der Waals surface area contributed by atoms with Gasteiger partial charge in [0.15, 0.2) is 6.10 Å². The van der Waals surface area contributed by atoms with Crippen molar-refractivity contribution in [1.82, 2.24) is 0 Å². The number of hydrogen-bond donors (Lipinski definition) is 0. The van der Waals surface area contributed by atoms with Gasteiger partial charge in [0.25, 0.3) is 0 Å². The van der Waals surface area contributed by atoms with Gasteiger partial charge in [0.1, 0.15) is 13.2 Å². The van der Waals surface area contributed by atoms with Crippen molar-refractivity contribution < 1.29 is 28.6 Å². The molecule has 0 aromatic rings. The van der Waals surface area contributed by atoms with Gasteiger partial charge in [-0.05, 0) is 70.6 Å². The lowest BCUT2D eigenvalue weighted by molar-refractivity contribution is -0.167. The number of hydrogen-bond acceptors (Lipinski definition) is 6. The molecule has 0 aliphatic carbocycles. The van der Waals surface area contributed by atoms with Crippen LogP contribution in [-0.2, 0) is 28.6 Å². The van der Waals surface area contributed by atoms with Crippen molar-refractivity contribution in [1.29, 1.82) is 0 Å². The highest BCUT2D eigenvalue weighted by Crippen LogP contribution is 2.19. The Bertz CT molecular complexity index is 1310. The number of unbranched alkanes of at least 4 members (excludes halogenated alkanes) is 54. The Hall–Kier alpha value is -2.11. The second kappa shape index (κ2) is 70.4. The van der Waals surface area contributed by atoms with E-state index in [1.807, 2.05) is 0 Å². The summed E-state index contributed by atoms with van der Waals surface area (Å²) in [6.07, 6.45) is 86.6. The van der Waals surface area contributed by atoms with E-state index in [0.717, 1.165) is 64.2 Å². The van der Waals surface area contributed by atoms with Crippen LogP contribution in [0.2, 0.25) is 0 Å². The molecule has 0 aliphatic rings. The van der Waals surface area contributed by atoms with Crippen molar-refractivity contribution in [2.45, 2.75) is 425 Å². The molecule has 81 heavy (non-hydrogen) atoms. The molecule has 0 heterocycles. The smallest absolute Gasteiger partial charge is 0.306 e. The van der Waals surface area contributed by atoms with E-state index >= 15 is 0 Å². The van der Waals surface area contributed by atoms with Crippen molar-refractivity contribution in [3.8, 4) is 0 Å². The zero-order chi connectivity index (χ0) is 58.5. The van der Waals surface area contributed by atoms with Gasteiger partial charge in [-0.1, -0.05) is 353 Å². The summed E-state index contributed by atoms with van der Waals surface area (Å²) in [4.78, 5) is 38.4. The molecule has 0 aliphatic heterocycles. The number of ether oxygens (including phenoxy) is 3. The van der Waals surface area contributed by atoms with E-state index in [4.69, 9.17) is 14.2 Å². The van der Waals surface area contributed by atoms with Crippen LogP contribution in [0.4, 0.5) is 0 Å². The molecule has 0 saturated heterocycles. The third-order valence-electron chi connectivity index (χ3n) is 16.9. The Kier molecular flexibility index (Phi) is 68.5. The quantitative estimate of drug-likeness (QED) is 0.0261. The van der Waals surface area contributed by atoms with E-state index in [2.05, 4.69) is 45.1 Å². The van der Waals surface area contributed by atoms with Crippen LogP contribution in [0, 0.1) is 0 Å². The van der Waals surface area contributed by atoms with Gasteiger partial charge in [-0.15, -0.1) is 0 Å². The largest absolute Gasteiger partial charge is 0.462 e. The molecule has 0 N–H and O–H groups in total. The van der Waals surface area contributed by atoms with Gasteiger partial charge in [-0.3, -0.25) is 14.4 Å². The van der Waals surface area contributed by atoms with Crippen LogP contribution in [0.25, 0.3) is 0 Å². The van der Waals surface area contributed by atoms with E-state index in [-0.39, 0.29) is 31.1 Å². The standard InChI is InChI=1S/C75H142O6/c1-4-7-10-13-16-19-22-25-28-29-30-31-32-33-34-35-36-37-38-39-40-41-42-43-44-45-48-50-53-56-59-62-65-68-74(77)80-71-72(81-75(78)69-66-63-60-57-54-51-47-27-24-21-18-15-12-9-6-3)70-79-73(76)67-64-61-58-55-52-49-46-26-23-20-17-14-11-8-5-2/h27,29-30,47,72H,4-26,28,31-46,48-71H2,1-3H3/b30-29-,47-27-. The average molecular weight is 1140 g/mol. The molecule has 478 valence electrons. The van der Waals surface area contributed by atoms with Gasteiger partial charge >= 0.3 is 17.9 Å². The van der Waals surface area contributed by atoms with Gasteiger partial charge in [-0.2, -0.15) is 0 Å². The first-order valence-electron chi connectivity index (χ1n) is 36.8. The minimum atomic E-state index is -0.772. The van der Waals surface area contributed by atoms with Crippen LogP contribution in [0.15, 0.2) is 24.3 Å². The topological polar surface area (TPSA) is 78.9 Å². The first-order chi connectivity index (χ1) is 40.0. The maximum atomic E-state index is 12.9. The Morgan fingerprint density at radius 1 is 0.235 bits per heavy atom. The summed E-state index contributed by atoms with van der Waals surface area (Å²) >= 11 is 0. The predicted molar refractivity (Wildman–Crippen MR) is 353 cm³/mol. The average Bonchev–Trinajstić information content (AvgIpc) is 3.47. The van der Waals surface area contributed by atoms with Crippen molar-refractivity contribution in [3.63, 3.8) is 0 Å². The maximum Gasteiger partial charge on any atom is 0.306 e. The van der Waals surface area contributed by atoms with Crippen molar-refractivity contribution in [2.75, 3.05) is 13.2 Å². The minimum Gasteiger partial charge on any atom is -0.462 e. The lowest BCUT2D eigenvalue weighted by atomic mass is 10.0. The molecular weight excluding hydrogens is 997 g/mol.